The van der Waals surface area contributed by atoms with Crippen molar-refractivity contribution in [3.8, 4) is 17.2 Å². The molecule has 2 aromatic carbocycles. The zero-order chi connectivity index (χ0) is 13.8. The molecule has 0 saturated heterocycles. The normalized spacial score (nSPS) is 10.3. The molecule has 0 aliphatic carbocycles. The minimum atomic E-state index is -0.253. The second kappa shape index (κ2) is 5.71. The van der Waals surface area contributed by atoms with Crippen LogP contribution in [0.4, 0.5) is 4.39 Å². The van der Waals surface area contributed by atoms with E-state index in [9.17, 15) is 4.39 Å². The fraction of sp³-hybridized carbons (Fsp3) is 0.200. The van der Waals surface area contributed by atoms with Gasteiger partial charge in [-0.2, -0.15) is 0 Å². The lowest BCUT2D eigenvalue weighted by Gasteiger charge is -2.12. The summed E-state index contributed by atoms with van der Waals surface area (Å²) in [6, 6.07) is 10.1. The summed E-state index contributed by atoms with van der Waals surface area (Å²) in [5, 5.41) is 0. The van der Waals surface area contributed by atoms with E-state index < -0.39 is 0 Å². The number of hydrogen-bond donors (Lipinski definition) is 1. The second-order valence-electron chi connectivity index (χ2n) is 4.19. The Kier molecular flexibility index (Phi) is 4.02. The van der Waals surface area contributed by atoms with Crippen LogP contribution in [0.25, 0.3) is 0 Å². The molecule has 0 heterocycles. The van der Waals surface area contributed by atoms with Crippen molar-refractivity contribution in [1.29, 1.82) is 0 Å². The van der Waals surface area contributed by atoms with E-state index in [-0.39, 0.29) is 5.82 Å². The molecule has 0 radical (unpaired) electrons. The SMILES string of the molecule is COc1ccc(CN)c(Oc2ccc(F)c(C)c2)c1. The van der Waals surface area contributed by atoms with E-state index in [2.05, 4.69) is 0 Å². The van der Waals surface area contributed by atoms with Crippen LogP contribution in [0, 0.1) is 12.7 Å². The summed E-state index contributed by atoms with van der Waals surface area (Å²) >= 11 is 0. The molecule has 0 atom stereocenters. The molecular formula is C15H16FNO2. The van der Waals surface area contributed by atoms with Gasteiger partial charge in [0.2, 0.25) is 0 Å². The Hall–Kier alpha value is -2.07. The lowest BCUT2D eigenvalue weighted by atomic mass is 10.2. The van der Waals surface area contributed by atoms with Gasteiger partial charge >= 0.3 is 0 Å². The molecule has 2 N–H and O–H groups in total. The second-order valence-corrected chi connectivity index (χ2v) is 4.19. The third-order valence-electron chi connectivity index (χ3n) is 2.85. The van der Waals surface area contributed by atoms with Crippen molar-refractivity contribution < 1.29 is 13.9 Å². The van der Waals surface area contributed by atoms with Gasteiger partial charge < -0.3 is 15.2 Å². The number of ether oxygens (including phenoxy) is 2. The van der Waals surface area contributed by atoms with Crippen LogP contribution in [0.3, 0.4) is 0 Å². The van der Waals surface area contributed by atoms with Gasteiger partial charge in [-0.1, -0.05) is 6.07 Å². The Morgan fingerprint density at radius 2 is 1.84 bits per heavy atom. The number of halogens is 1. The maximum atomic E-state index is 13.2. The molecule has 0 aliphatic rings. The van der Waals surface area contributed by atoms with Crippen LogP contribution < -0.4 is 15.2 Å². The average molecular weight is 261 g/mol. The van der Waals surface area contributed by atoms with Crippen LogP contribution in [0.2, 0.25) is 0 Å². The van der Waals surface area contributed by atoms with Crippen molar-refractivity contribution in [3.05, 3.63) is 53.3 Å². The highest BCUT2D eigenvalue weighted by Crippen LogP contribution is 2.30. The fourth-order valence-electron chi connectivity index (χ4n) is 1.73. The third kappa shape index (κ3) is 3.03. The van der Waals surface area contributed by atoms with Crippen LogP contribution in [-0.4, -0.2) is 7.11 Å². The van der Waals surface area contributed by atoms with Gasteiger partial charge in [-0.05, 0) is 36.8 Å². The zero-order valence-corrected chi connectivity index (χ0v) is 10.9. The molecule has 3 nitrogen and oxygen atoms in total. The van der Waals surface area contributed by atoms with Crippen LogP contribution >= 0.6 is 0 Å². The molecule has 4 heteroatoms. The number of rotatable bonds is 4. The lowest BCUT2D eigenvalue weighted by Crippen LogP contribution is -2.00. The van der Waals surface area contributed by atoms with Crippen molar-refractivity contribution >= 4 is 0 Å². The highest BCUT2D eigenvalue weighted by molar-refractivity contribution is 5.43. The summed E-state index contributed by atoms with van der Waals surface area (Å²) in [5.41, 5.74) is 7.07. The molecule has 0 bridgehead atoms. The van der Waals surface area contributed by atoms with E-state index in [4.69, 9.17) is 15.2 Å². The van der Waals surface area contributed by atoms with Crippen molar-refractivity contribution in [1.82, 2.24) is 0 Å². The Labute approximate surface area is 111 Å². The Balaban J connectivity index is 2.33. The number of hydrogen-bond acceptors (Lipinski definition) is 3. The zero-order valence-electron chi connectivity index (χ0n) is 10.9. The minimum absolute atomic E-state index is 0.253. The molecule has 0 aromatic heterocycles. The monoisotopic (exact) mass is 261 g/mol. The Bertz CT molecular complexity index is 584. The van der Waals surface area contributed by atoms with Crippen LogP contribution in [0.5, 0.6) is 17.2 Å². The average Bonchev–Trinajstić information content (AvgIpc) is 2.43. The number of benzene rings is 2. The molecular weight excluding hydrogens is 245 g/mol. The first-order valence-electron chi connectivity index (χ1n) is 5.95. The smallest absolute Gasteiger partial charge is 0.135 e. The van der Waals surface area contributed by atoms with Crippen LogP contribution in [0.1, 0.15) is 11.1 Å². The maximum absolute atomic E-state index is 13.2. The minimum Gasteiger partial charge on any atom is -0.497 e. The summed E-state index contributed by atoms with van der Waals surface area (Å²) in [7, 11) is 1.59. The Morgan fingerprint density at radius 1 is 1.11 bits per heavy atom. The van der Waals surface area contributed by atoms with Gasteiger partial charge in [-0.15, -0.1) is 0 Å². The first-order valence-corrected chi connectivity index (χ1v) is 5.95. The molecule has 2 aromatic rings. The number of methoxy groups -OCH3 is 1. The predicted octanol–water partition coefficient (Wildman–Crippen LogP) is 3.39. The van der Waals surface area contributed by atoms with Crippen LogP contribution in [0.15, 0.2) is 36.4 Å². The van der Waals surface area contributed by atoms with Crippen LogP contribution in [-0.2, 0) is 6.54 Å². The number of aryl methyl sites for hydroxylation is 1. The standard InChI is InChI=1S/C15H16FNO2/c1-10-7-13(5-6-14(10)16)19-15-8-12(18-2)4-3-11(15)9-17/h3-8H,9,17H2,1-2H3. The summed E-state index contributed by atoms with van der Waals surface area (Å²) < 4.78 is 24.1. The molecule has 0 unspecified atom stereocenters. The highest BCUT2D eigenvalue weighted by atomic mass is 19.1. The van der Waals surface area contributed by atoms with Gasteiger partial charge in [0.15, 0.2) is 0 Å². The molecule has 100 valence electrons. The molecule has 0 spiro atoms. The first-order chi connectivity index (χ1) is 9.13. The quantitative estimate of drug-likeness (QED) is 0.917. The summed E-state index contributed by atoms with van der Waals surface area (Å²) in [6.07, 6.45) is 0. The first kappa shape index (κ1) is 13.4. The van der Waals surface area contributed by atoms with Crippen molar-refractivity contribution in [2.24, 2.45) is 5.73 Å². The maximum Gasteiger partial charge on any atom is 0.135 e. The molecule has 19 heavy (non-hydrogen) atoms. The van der Waals surface area contributed by atoms with Gasteiger partial charge in [-0.25, -0.2) is 4.39 Å². The largest absolute Gasteiger partial charge is 0.497 e. The van der Waals surface area contributed by atoms with Gasteiger partial charge in [0.05, 0.1) is 7.11 Å². The highest BCUT2D eigenvalue weighted by Gasteiger charge is 2.07. The third-order valence-corrected chi connectivity index (χ3v) is 2.85. The molecule has 0 saturated carbocycles. The molecule has 0 aliphatic heterocycles. The summed E-state index contributed by atoms with van der Waals surface area (Å²) in [6.45, 7) is 2.05. The van der Waals surface area contributed by atoms with Gasteiger partial charge in [-0.3, -0.25) is 0 Å². The predicted molar refractivity (Wildman–Crippen MR) is 72.1 cm³/mol. The fourth-order valence-corrected chi connectivity index (χ4v) is 1.73. The topological polar surface area (TPSA) is 44.5 Å². The van der Waals surface area contributed by atoms with E-state index >= 15 is 0 Å². The van der Waals surface area contributed by atoms with Crippen molar-refractivity contribution in [3.63, 3.8) is 0 Å². The summed E-state index contributed by atoms with van der Waals surface area (Å²) in [4.78, 5) is 0. The summed E-state index contributed by atoms with van der Waals surface area (Å²) in [5.74, 6) is 1.62. The van der Waals surface area contributed by atoms with Gasteiger partial charge in [0, 0.05) is 18.2 Å². The van der Waals surface area contributed by atoms with E-state index in [1.165, 1.54) is 6.07 Å². The van der Waals surface area contributed by atoms with Gasteiger partial charge in [0.1, 0.15) is 23.1 Å². The molecule has 0 amide bonds. The number of nitrogens with two attached hydrogens (primary N) is 1. The molecule has 0 fully saturated rings. The van der Waals surface area contributed by atoms with E-state index in [0.29, 0.717) is 29.4 Å². The lowest BCUT2D eigenvalue weighted by molar-refractivity contribution is 0.408. The van der Waals surface area contributed by atoms with E-state index in [1.54, 1.807) is 32.2 Å². The molecule has 2 rings (SSSR count). The van der Waals surface area contributed by atoms with E-state index in [0.717, 1.165) is 5.56 Å². The Morgan fingerprint density at radius 3 is 2.47 bits per heavy atom. The van der Waals surface area contributed by atoms with E-state index in [1.807, 2.05) is 12.1 Å². The van der Waals surface area contributed by atoms with Gasteiger partial charge in [0.25, 0.3) is 0 Å². The van der Waals surface area contributed by atoms with Crippen molar-refractivity contribution in [2.45, 2.75) is 13.5 Å². The van der Waals surface area contributed by atoms with Crippen molar-refractivity contribution in [2.75, 3.05) is 7.11 Å².